The van der Waals surface area contributed by atoms with E-state index in [4.69, 9.17) is 16.3 Å². The molecule has 3 aromatic rings. The molecule has 2 aliphatic rings. The Morgan fingerprint density at radius 2 is 2.22 bits per heavy atom. The molecule has 1 atom stereocenters. The predicted octanol–water partition coefficient (Wildman–Crippen LogP) is 4.26. The van der Waals surface area contributed by atoms with E-state index >= 15 is 0 Å². The van der Waals surface area contributed by atoms with Gasteiger partial charge in [0.05, 0.1) is 46.4 Å². The number of amides is 2. The fourth-order valence-electron chi connectivity index (χ4n) is 4.67. The minimum absolute atomic E-state index is 0.188. The van der Waals surface area contributed by atoms with Crippen molar-refractivity contribution in [3.63, 3.8) is 0 Å². The summed E-state index contributed by atoms with van der Waals surface area (Å²) in [4.78, 5) is 33.5. The summed E-state index contributed by atoms with van der Waals surface area (Å²) in [7, 11) is 1.53. The fourth-order valence-corrected chi connectivity index (χ4v) is 4.93. The number of likely N-dealkylation sites (tertiary alicyclic amines) is 1. The van der Waals surface area contributed by atoms with Crippen LogP contribution in [0.15, 0.2) is 36.7 Å². The van der Waals surface area contributed by atoms with Crippen molar-refractivity contribution >= 4 is 35.0 Å². The minimum atomic E-state index is -0.969. The van der Waals surface area contributed by atoms with Crippen LogP contribution in [0.25, 0.3) is 11.3 Å². The zero-order valence-corrected chi connectivity index (χ0v) is 20.3. The van der Waals surface area contributed by atoms with E-state index in [1.54, 1.807) is 24.5 Å². The van der Waals surface area contributed by atoms with Gasteiger partial charge in [-0.3, -0.25) is 14.7 Å². The molecule has 2 aromatic heterocycles. The molecular formula is C26H24ClN5O4. The molecule has 184 valence electrons. The molecule has 2 aliphatic heterocycles. The number of rotatable bonds is 4. The van der Waals surface area contributed by atoms with Crippen molar-refractivity contribution in [2.24, 2.45) is 0 Å². The Labute approximate surface area is 212 Å². The van der Waals surface area contributed by atoms with Gasteiger partial charge in [0.15, 0.2) is 5.75 Å². The number of carbonyl (C=O) groups excluding carboxylic acids is 1. The normalized spacial score (nSPS) is 16.6. The third-order valence-electron chi connectivity index (χ3n) is 6.36. The molecule has 1 saturated heterocycles. The second kappa shape index (κ2) is 9.84. The highest BCUT2D eigenvalue weighted by Crippen LogP contribution is 2.41. The van der Waals surface area contributed by atoms with Crippen LogP contribution in [0.5, 0.6) is 5.75 Å². The quantitative estimate of drug-likeness (QED) is 0.393. The summed E-state index contributed by atoms with van der Waals surface area (Å²) in [5, 5.41) is 16.1. The topological polar surface area (TPSA) is 120 Å². The van der Waals surface area contributed by atoms with Gasteiger partial charge in [0.1, 0.15) is 0 Å². The number of ether oxygens (including phenoxy) is 1. The lowest BCUT2D eigenvalue weighted by molar-refractivity contribution is 0.0946. The number of nitrogens with one attached hydrogen (secondary N) is 3. The molecular weight excluding hydrogens is 482 g/mol. The predicted molar refractivity (Wildman–Crippen MR) is 136 cm³/mol. The van der Waals surface area contributed by atoms with Crippen molar-refractivity contribution in [3.05, 3.63) is 58.5 Å². The maximum atomic E-state index is 12.9. The Hall–Kier alpha value is -4.16. The molecule has 4 heterocycles. The number of H-pyrrole nitrogens is 1. The standard InChI is InChI=1S/C26H24ClN5O4/c1-36-24-18(27)5-2-6-20(24)31-23-21-19(10-12-29-25(21)33)30-22(23)17-9-11-28-14-15(17)7-8-16-4-3-13-32(16)26(34)35/h2,5-6,9,11,14,16,30-31H,3-4,10,12-13H2,1H3,(H,29,33)(H,34,35)/t16-/m1/s1. The minimum Gasteiger partial charge on any atom is -0.493 e. The van der Waals surface area contributed by atoms with E-state index in [-0.39, 0.29) is 11.9 Å². The van der Waals surface area contributed by atoms with Gasteiger partial charge in [-0.05, 0) is 31.0 Å². The summed E-state index contributed by atoms with van der Waals surface area (Å²) < 4.78 is 5.50. The average Bonchev–Trinajstić information content (AvgIpc) is 3.49. The summed E-state index contributed by atoms with van der Waals surface area (Å²) in [6.07, 6.45) is 4.44. The van der Waals surface area contributed by atoms with Crippen LogP contribution in [-0.4, -0.2) is 58.2 Å². The van der Waals surface area contributed by atoms with Crippen LogP contribution in [0.2, 0.25) is 5.02 Å². The lowest BCUT2D eigenvalue weighted by Crippen LogP contribution is -2.33. The van der Waals surface area contributed by atoms with E-state index in [1.807, 2.05) is 12.1 Å². The summed E-state index contributed by atoms with van der Waals surface area (Å²) in [5.41, 5.74) is 4.54. The number of aromatic nitrogens is 2. The number of carboxylic acid groups (broad SMARTS) is 1. The number of aromatic amines is 1. The van der Waals surface area contributed by atoms with Crippen LogP contribution >= 0.6 is 11.6 Å². The monoisotopic (exact) mass is 505 g/mol. The molecule has 0 saturated carbocycles. The third kappa shape index (κ3) is 4.32. The Morgan fingerprint density at radius 1 is 1.36 bits per heavy atom. The number of hydrogen-bond acceptors (Lipinski definition) is 5. The van der Waals surface area contributed by atoms with Gasteiger partial charge in [-0.15, -0.1) is 0 Å². The lowest BCUT2D eigenvalue weighted by Gasteiger charge is -2.17. The number of benzene rings is 1. The first-order chi connectivity index (χ1) is 17.5. The molecule has 1 aromatic carbocycles. The van der Waals surface area contributed by atoms with E-state index in [9.17, 15) is 14.7 Å². The first-order valence-corrected chi connectivity index (χ1v) is 11.9. The maximum Gasteiger partial charge on any atom is 0.408 e. The smallest absolute Gasteiger partial charge is 0.408 e. The maximum absolute atomic E-state index is 12.9. The zero-order chi connectivity index (χ0) is 25.2. The van der Waals surface area contributed by atoms with E-state index in [1.165, 1.54) is 12.0 Å². The molecule has 0 bridgehead atoms. The second-order valence-electron chi connectivity index (χ2n) is 8.50. The van der Waals surface area contributed by atoms with E-state index < -0.39 is 6.09 Å². The van der Waals surface area contributed by atoms with Crippen LogP contribution in [0.4, 0.5) is 16.2 Å². The van der Waals surface area contributed by atoms with Crippen molar-refractivity contribution in [1.29, 1.82) is 0 Å². The fraction of sp³-hybridized carbons (Fsp3) is 0.269. The molecule has 10 heteroatoms. The molecule has 4 N–H and O–H groups in total. The molecule has 0 spiro atoms. The number of halogens is 1. The van der Waals surface area contributed by atoms with Gasteiger partial charge >= 0.3 is 6.09 Å². The van der Waals surface area contributed by atoms with Crippen molar-refractivity contribution < 1.29 is 19.4 Å². The number of anilines is 2. The van der Waals surface area contributed by atoms with Crippen molar-refractivity contribution in [2.75, 3.05) is 25.5 Å². The summed E-state index contributed by atoms with van der Waals surface area (Å²) in [6, 6.07) is 6.80. The van der Waals surface area contributed by atoms with Crippen LogP contribution in [0.1, 0.15) is 34.5 Å². The van der Waals surface area contributed by atoms with Crippen molar-refractivity contribution in [2.45, 2.75) is 25.3 Å². The highest BCUT2D eigenvalue weighted by Gasteiger charge is 2.29. The number of para-hydroxylation sites is 1. The first kappa shape index (κ1) is 23.6. The Balaban J connectivity index is 1.62. The molecule has 36 heavy (non-hydrogen) atoms. The number of nitrogens with zero attached hydrogens (tertiary/aromatic N) is 2. The molecule has 0 aliphatic carbocycles. The van der Waals surface area contributed by atoms with Gasteiger partial charge in [-0.2, -0.15) is 0 Å². The molecule has 1 fully saturated rings. The largest absolute Gasteiger partial charge is 0.493 e. The summed E-state index contributed by atoms with van der Waals surface area (Å²) in [6.45, 7) is 1.00. The van der Waals surface area contributed by atoms with Crippen molar-refractivity contribution in [1.82, 2.24) is 20.2 Å². The van der Waals surface area contributed by atoms with Crippen molar-refractivity contribution in [3.8, 4) is 28.8 Å². The van der Waals surface area contributed by atoms with Crippen LogP contribution in [0, 0.1) is 11.8 Å². The number of pyridine rings is 1. The lowest BCUT2D eigenvalue weighted by atomic mass is 10.0. The van der Waals surface area contributed by atoms with Crippen LogP contribution in [-0.2, 0) is 6.42 Å². The van der Waals surface area contributed by atoms with Gasteiger partial charge in [0.25, 0.3) is 5.91 Å². The highest BCUT2D eigenvalue weighted by molar-refractivity contribution is 6.32. The number of hydrogen-bond donors (Lipinski definition) is 4. The van der Waals surface area contributed by atoms with Gasteiger partial charge in [0.2, 0.25) is 0 Å². The Morgan fingerprint density at radius 3 is 3.03 bits per heavy atom. The second-order valence-corrected chi connectivity index (χ2v) is 8.91. The van der Waals surface area contributed by atoms with E-state index in [0.717, 1.165) is 17.7 Å². The van der Waals surface area contributed by atoms with Gasteiger partial charge in [-0.25, -0.2) is 4.79 Å². The van der Waals surface area contributed by atoms with Gasteiger partial charge < -0.3 is 25.5 Å². The first-order valence-electron chi connectivity index (χ1n) is 11.6. The van der Waals surface area contributed by atoms with E-state index in [0.29, 0.717) is 64.9 Å². The molecule has 0 radical (unpaired) electrons. The van der Waals surface area contributed by atoms with Gasteiger partial charge in [-0.1, -0.05) is 29.5 Å². The zero-order valence-electron chi connectivity index (χ0n) is 19.5. The number of methoxy groups -OCH3 is 1. The average molecular weight is 506 g/mol. The van der Waals surface area contributed by atoms with Crippen LogP contribution < -0.4 is 15.4 Å². The molecule has 5 rings (SSSR count). The molecule has 9 nitrogen and oxygen atoms in total. The Bertz CT molecular complexity index is 1410. The highest BCUT2D eigenvalue weighted by atomic mass is 35.5. The SMILES string of the molecule is COc1c(Cl)cccc1Nc1c(-c2ccncc2C#C[C@H]2CCCN2C(=O)O)[nH]c2c1C(=O)NCC2. The Kier molecular flexibility index (Phi) is 6.44. The number of carbonyl (C=O) groups is 2. The van der Waals surface area contributed by atoms with E-state index in [2.05, 4.69) is 32.4 Å². The van der Waals surface area contributed by atoms with Crippen LogP contribution in [0.3, 0.4) is 0 Å². The van der Waals surface area contributed by atoms with Gasteiger partial charge in [0, 0.05) is 43.2 Å². The summed E-state index contributed by atoms with van der Waals surface area (Å²) >= 11 is 6.34. The molecule has 0 unspecified atom stereocenters. The summed E-state index contributed by atoms with van der Waals surface area (Å²) in [5.74, 6) is 6.52. The molecule has 2 amide bonds. The third-order valence-corrected chi connectivity index (χ3v) is 6.66. The number of fused-ring (bicyclic) bond motifs is 1.